The van der Waals surface area contributed by atoms with Crippen molar-refractivity contribution in [3.8, 4) is 17.0 Å². The third-order valence-corrected chi connectivity index (χ3v) is 5.79. The summed E-state index contributed by atoms with van der Waals surface area (Å²) in [6.07, 6.45) is 11.1. The van der Waals surface area contributed by atoms with Crippen molar-refractivity contribution in [1.82, 2.24) is 15.0 Å². The number of methoxy groups -OCH3 is 1. The first kappa shape index (κ1) is 18.0. The Kier molecular flexibility index (Phi) is 5.41. The molecule has 0 aromatic carbocycles. The molecule has 2 aliphatic rings. The highest BCUT2D eigenvalue weighted by Gasteiger charge is 2.20. The zero-order valence-electron chi connectivity index (χ0n) is 16.3. The molecule has 0 spiro atoms. The molecule has 0 radical (unpaired) electrons. The predicted octanol–water partition coefficient (Wildman–Crippen LogP) is 4.14. The van der Waals surface area contributed by atoms with Crippen LogP contribution in [0.5, 0.6) is 5.88 Å². The third kappa shape index (κ3) is 4.15. The van der Waals surface area contributed by atoms with Gasteiger partial charge in [-0.2, -0.15) is 4.98 Å². The summed E-state index contributed by atoms with van der Waals surface area (Å²) in [5, 5.41) is 3.48. The lowest BCUT2D eigenvalue weighted by atomic mass is 9.87. The summed E-state index contributed by atoms with van der Waals surface area (Å²) in [5.41, 5.74) is 1.86. The predicted molar refractivity (Wildman–Crippen MR) is 108 cm³/mol. The van der Waals surface area contributed by atoms with Gasteiger partial charge >= 0.3 is 0 Å². The molecule has 0 amide bonds. The van der Waals surface area contributed by atoms with E-state index in [2.05, 4.69) is 44.2 Å². The molecule has 0 atom stereocenters. The molecular formula is C21H29N5O. The number of pyridine rings is 1. The van der Waals surface area contributed by atoms with E-state index in [1.807, 2.05) is 12.4 Å². The van der Waals surface area contributed by atoms with E-state index < -0.39 is 0 Å². The molecular weight excluding hydrogens is 338 g/mol. The van der Waals surface area contributed by atoms with Gasteiger partial charge in [-0.1, -0.05) is 6.92 Å². The smallest absolute Gasteiger partial charge is 0.226 e. The van der Waals surface area contributed by atoms with E-state index in [1.54, 1.807) is 7.11 Å². The van der Waals surface area contributed by atoms with E-state index >= 15 is 0 Å². The fourth-order valence-corrected chi connectivity index (χ4v) is 4.06. The van der Waals surface area contributed by atoms with Crippen LogP contribution in [0.25, 0.3) is 11.1 Å². The Bertz CT molecular complexity index is 750. The molecule has 6 nitrogen and oxygen atoms in total. The van der Waals surface area contributed by atoms with Gasteiger partial charge in [-0.25, -0.2) is 9.97 Å². The molecule has 0 unspecified atom stereocenters. The number of hydrogen-bond donors (Lipinski definition) is 1. The highest BCUT2D eigenvalue weighted by Crippen LogP contribution is 2.30. The molecule has 2 aromatic heterocycles. The Morgan fingerprint density at radius 2 is 1.81 bits per heavy atom. The Morgan fingerprint density at radius 1 is 1.04 bits per heavy atom. The monoisotopic (exact) mass is 367 g/mol. The maximum absolute atomic E-state index is 5.55. The summed E-state index contributed by atoms with van der Waals surface area (Å²) >= 11 is 0. The Morgan fingerprint density at radius 3 is 2.48 bits per heavy atom. The second kappa shape index (κ2) is 8.11. The molecule has 1 aliphatic carbocycles. The van der Waals surface area contributed by atoms with Gasteiger partial charge in [0.15, 0.2) is 0 Å². The molecule has 2 aromatic rings. The van der Waals surface area contributed by atoms with Crippen LogP contribution in [-0.2, 0) is 0 Å². The lowest BCUT2D eigenvalue weighted by Gasteiger charge is -2.27. The van der Waals surface area contributed by atoms with Crippen molar-refractivity contribution >= 4 is 11.8 Å². The second-order valence-electron chi connectivity index (χ2n) is 7.82. The Hall–Kier alpha value is -2.37. The van der Waals surface area contributed by atoms with Crippen molar-refractivity contribution in [1.29, 1.82) is 0 Å². The standard InChI is InChI=1S/C21H29N5O/c1-15-5-8-17(9-6-15)24-21-23-14-18(20(25-21)27-2)16-7-10-19(22-13-16)26-11-3-4-12-26/h7,10,13-15,17H,3-6,8-9,11-12H2,1-2H3,(H,23,24,25)/t15-,17-. The van der Waals surface area contributed by atoms with E-state index in [4.69, 9.17) is 4.74 Å². The van der Waals surface area contributed by atoms with Gasteiger partial charge in [-0.3, -0.25) is 0 Å². The van der Waals surface area contributed by atoms with Crippen LogP contribution in [0.2, 0.25) is 0 Å². The van der Waals surface area contributed by atoms with Gasteiger partial charge in [-0.05, 0) is 56.6 Å². The first-order valence-electron chi connectivity index (χ1n) is 10.1. The van der Waals surface area contributed by atoms with Crippen LogP contribution in [0.15, 0.2) is 24.5 Å². The summed E-state index contributed by atoms with van der Waals surface area (Å²) < 4.78 is 5.55. The van der Waals surface area contributed by atoms with Crippen molar-refractivity contribution in [2.24, 2.45) is 5.92 Å². The fourth-order valence-electron chi connectivity index (χ4n) is 4.06. The molecule has 6 heteroatoms. The van der Waals surface area contributed by atoms with Gasteiger partial charge in [0.05, 0.1) is 12.7 Å². The first-order valence-corrected chi connectivity index (χ1v) is 10.1. The van der Waals surface area contributed by atoms with E-state index in [0.717, 1.165) is 36.0 Å². The molecule has 2 fully saturated rings. The Labute approximate surface area is 161 Å². The third-order valence-electron chi connectivity index (χ3n) is 5.79. The van der Waals surface area contributed by atoms with Crippen LogP contribution in [0, 0.1) is 5.92 Å². The molecule has 1 aliphatic heterocycles. The summed E-state index contributed by atoms with van der Waals surface area (Å²) in [6, 6.07) is 4.62. The number of nitrogens with zero attached hydrogens (tertiary/aromatic N) is 4. The van der Waals surface area contributed by atoms with Crippen molar-refractivity contribution < 1.29 is 4.74 Å². The molecule has 1 N–H and O–H groups in total. The summed E-state index contributed by atoms with van der Waals surface area (Å²) in [4.78, 5) is 16.1. The zero-order valence-corrected chi connectivity index (χ0v) is 16.3. The van der Waals surface area contributed by atoms with E-state index in [-0.39, 0.29) is 0 Å². The molecule has 144 valence electrons. The number of ether oxygens (including phenoxy) is 1. The van der Waals surface area contributed by atoms with Crippen LogP contribution in [0.3, 0.4) is 0 Å². The number of hydrogen-bond acceptors (Lipinski definition) is 6. The highest BCUT2D eigenvalue weighted by atomic mass is 16.5. The van der Waals surface area contributed by atoms with Gasteiger partial charge in [-0.15, -0.1) is 0 Å². The van der Waals surface area contributed by atoms with Gasteiger partial charge in [0, 0.05) is 37.1 Å². The van der Waals surface area contributed by atoms with Crippen LogP contribution in [0.1, 0.15) is 45.4 Å². The average Bonchev–Trinajstić information content (AvgIpc) is 3.25. The van der Waals surface area contributed by atoms with Crippen LogP contribution < -0.4 is 15.0 Å². The molecule has 27 heavy (non-hydrogen) atoms. The number of nitrogens with one attached hydrogen (secondary N) is 1. The highest BCUT2D eigenvalue weighted by molar-refractivity contribution is 5.68. The molecule has 3 heterocycles. The van der Waals surface area contributed by atoms with Gasteiger partial charge < -0.3 is 15.0 Å². The zero-order chi connectivity index (χ0) is 18.6. The van der Waals surface area contributed by atoms with E-state index in [1.165, 1.54) is 38.5 Å². The number of anilines is 2. The second-order valence-corrected chi connectivity index (χ2v) is 7.82. The lowest BCUT2D eigenvalue weighted by Crippen LogP contribution is -2.26. The van der Waals surface area contributed by atoms with Crippen LogP contribution >= 0.6 is 0 Å². The minimum atomic E-state index is 0.457. The molecule has 1 saturated carbocycles. The average molecular weight is 367 g/mol. The quantitative estimate of drug-likeness (QED) is 0.857. The van der Waals surface area contributed by atoms with Gasteiger partial charge in [0.1, 0.15) is 5.82 Å². The SMILES string of the molecule is COc1nc(N[C@H]2CC[C@H](C)CC2)ncc1-c1ccc(N2CCCC2)nc1. The van der Waals surface area contributed by atoms with Crippen molar-refractivity contribution in [3.63, 3.8) is 0 Å². The summed E-state index contributed by atoms with van der Waals surface area (Å²) in [6.45, 7) is 4.52. The minimum Gasteiger partial charge on any atom is -0.480 e. The van der Waals surface area contributed by atoms with E-state index in [0.29, 0.717) is 17.9 Å². The van der Waals surface area contributed by atoms with Gasteiger partial charge in [0.2, 0.25) is 11.8 Å². The van der Waals surface area contributed by atoms with Crippen LogP contribution in [-0.4, -0.2) is 41.2 Å². The Balaban J connectivity index is 1.49. The van der Waals surface area contributed by atoms with Crippen molar-refractivity contribution in [2.45, 2.75) is 51.5 Å². The first-order chi connectivity index (χ1) is 13.2. The fraction of sp³-hybridized carbons (Fsp3) is 0.571. The number of aromatic nitrogens is 3. The van der Waals surface area contributed by atoms with Gasteiger partial charge in [0.25, 0.3) is 0 Å². The largest absolute Gasteiger partial charge is 0.480 e. The minimum absolute atomic E-state index is 0.457. The van der Waals surface area contributed by atoms with Crippen LogP contribution in [0.4, 0.5) is 11.8 Å². The normalized spacial score (nSPS) is 22.7. The number of rotatable bonds is 5. The topological polar surface area (TPSA) is 63.2 Å². The molecule has 1 saturated heterocycles. The summed E-state index contributed by atoms with van der Waals surface area (Å²) in [7, 11) is 1.66. The van der Waals surface area contributed by atoms with Crippen molar-refractivity contribution in [3.05, 3.63) is 24.5 Å². The van der Waals surface area contributed by atoms with Crippen molar-refractivity contribution in [2.75, 3.05) is 30.4 Å². The van der Waals surface area contributed by atoms with E-state index in [9.17, 15) is 0 Å². The molecule has 0 bridgehead atoms. The molecule has 4 rings (SSSR count). The maximum Gasteiger partial charge on any atom is 0.226 e. The summed E-state index contributed by atoms with van der Waals surface area (Å²) in [5.74, 6) is 3.11. The lowest BCUT2D eigenvalue weighted by molar-refractivity contribution is 0.359. The maximum atomic E-state index is 5.55.